The summed E-state index contributed by atoms with van der Waals surface area (Å²) in [5, 5.41) is 23.3. The van der Waals surface area contributed by atoms with Crippen LogP contribution in [-0.2, 0) is 20.8 Å². The van der Waals surface area contributed by atoms with Crippen molar-refractivity contribution in [2.24, 2.45) is 17.8 Å². The van der Waals surface area contributed by atoms with Gasteiger partial charge in [-0.3, -0.25) is 14.5 Å². The number of hydrogen-bond donors (Lipinski definition) is 2. The highest BCUT2D eigenvalue weighted by atomic mass is 32.1. The first-order valence-corrected chi connectivity index (χ1v) is 16.4. The van der Waals surface area contributed by atoms with Gasteiger partial charge < -0.3 is 19.5 Å². The van der Waals surface area contributed by atoms with Gasteiger partial charge in [-0.25, -0.2) is 0 Å². The average Bonchev–Trinajstić information content (AvgIpc) is 3.63. The van der Waals surface area contributed by atoms with E-state index in [0.29, 0.717) is 19.3 Å². The Labute approximate surface area is 263 Å². The lowest BCUT2D eigenvalue weighted by molar-refractivity contribution is -0.140. The zero-order valence-corrected chi connectivity index (χ0v) is 25.7. The molecule has 6 rings (SSSR count). The molecule has 1 aliphatic carbocycles. The molecule has 1 aromatic heterocycles. The van der Waals surface area contributed by atoms with Gasteiger partial charge in [0.05, 0.1) is 24.5 Å². The molecule has 0 unspecified atom stereocenters. The molecule has 2 amide bonds. The minimum atomic E-state index is -1.03. The Bertz CT molecular complexity index is 1540. The van der Waals surface area contributed by atoms with Crippen molar-refractivity contribution in [1.29, 1.82) is 0 Å². The summed E-state index contributed by atoms with van der Waals surface area (Å²) in [6.45, 7) is 2.69. The second kappa shape index (κ2) is 13.5. The summed E-state index contributed by atoms with van der Waals surface area (Å²) < 4.78 is 12.4. The minimum absolute atomic E-state index is 0.141. The number of carbonyl (C=O) groups is 2. The molecule has 4 atom stereocenters. The lowest BCUT2D eigenvalue weighted by Gasteiger charge is -2.43. The fraction of sp³-hybridized carbons (Fsp3) is 0.371. The molecule has 9 heteroatoms. The van der Waals surface area contributed by atoms with Crippen molar-refractivity contribution in [3.05, 3.63) is 99.3 Å². The number of likely N-dealkylation sites (tertiary alicyclic amines) is 1. The van der Waals surface area contributed by atoms with Crippen molar-refractivity contribution in [1.82, 2.24) is 4.90 Å². The summed E-state index contributed by atoms with van der Waals surface area (Å²) in [4.78, 5) is 30.1. The molecule has 0 saturated carbocycles. The van der Waals surface area contributed by atoms with Gasteiger partial charge in [-0.05, 0) is 78.7 Å². The van der Waals surface area contributed by atoms with Crippen molar-refractivity contribution < 1.29 is 29.1 Å². The molecular formula is C35H38BNO6S. The number of allylic oxidation sites excluding steroid dienone is 1. The van der Waals surface area contributed by atoms with E-state index in [4.69, 9.17) is 9.39 Å². The van der Waals surface area contributed by atoms with Crippen LogP contribution in [0.1, 0.15) is 49.5 Å². The van der Waals surface area contributed by atoms with E-state index in [1.807, 2.05) is 72.1 Å². The Hall–Kier alpha value is -3.66. The van der Waals surface area contributed by atoms with Crippen LogP contribution in [-0.4, -0.2) is 46.7 Å². The number of nitrogens with zero attached hydrogens (tertiary/aromatic N) is 1. The van der Waals surface area contributed by atoms with Crippen LogP contribution >= 0.6 is 11.3 Å². The summed E-state index contributed by atoms with van der Waals surface area (Å²) in [6.07, 6.45) is 5.45. The number of hydrogen-bond acceptors (Lipinski definition) is 7. The fourth-order valence-corrected chi connectivity index (χ4v) is 7.79. The number of thiophene rings is 1. The quantitative estimate of drug-likeness (QED) is 0.146. The number of carbonyl (C=O) groups excluding carboxylic acids is 2. The van der Waals surface area contributed by atoms with E-state index in [0.717, 1.165) is 40.2 Å². The van der Waals surface area contributed by atoms with Gasteiger partial charge >= 0.3 is 7.12 Å². The van der Waals surface area contributed by atoms with Gasteiger partial charge in [0, 0.05) is 10.4 Å². The van der Waals surface area contributed by atoms with Crippen LogP contribution in [0.4, 0.5) is 0 Å². The standard InChI is InChI=1S/C35H38BNO6S/c1-2-9-23(18-24-10-6-7-14-30(24)38)15-16-31-32-25(22-42-26-11-4-3-5-12-26)19-28-33(29(32)20-36(41)43-31)35(40)37(34(28)39)21-27-13-8-17-44-27/h3-8,10-14,17-18,28-29,31,33,38,41H,2,9,15-16,19-22H2,1H3/b23-18+/t28-,29+,31-,33-/m1/s1. The van der Waals surface area contributed by atoms with E-state index >= 15 is 0 Å². The van der Waals surface area contributed by atoms with Crippen molar-refractivity contribution in [3.8, 4) is 11.5 Å². The van der Waals surface area contributed by atoms with E-state index in [1.54, 1.807) is 6.07 Å². The maximum atomic E-state index is 13.9. The maximum Gasteiger partial charge on any atom is 0.455 e. The van der Waals surface area contributed by atoms with E-state index in [9.17, 15) is 19.7 Å². The highest BCUT2D eigenvalue weighted by Crippen LogP contribution is 2.51. The van der Waals surface area contributed by atoms with Crippen molar-refractivity contribution in [3.63, 3.8) is 0 Å². The van der Waals surface area contributed by atoms with E-state index in [-0.39, 0.29) is 43.0 Å². The van der Waals surface area contributed by atoms with Crippen molar-refractivity contribution in [2.75, 3.05) is 6.61 Å². The van der Waals surface area contributed by atoms with E-state index < -0.39 is 25.1 Å². The van der Waals surface area contributed by atoms with Gasteiger partial charge in [-0.2, -0.15) is 0 Å². The highest BCUT2D eigenvalue weighted by Gasteiger charge is 2.57. The third-order valence-corrected chi connectivity index (χ3v) is 9.91. The number of phenolic OH excluding ortho intramolecular Hbond substituents is 1. The number of benzene rings is 2. The number of rotatable bonds is 11. The predicted molar refractivity (Wildman–Crippen MR) is 172 cm³/mol. The normalized spacial score (nSPS) is 23.6. The molecule has 0 bridgehead atoms. The maximum absolute atomic E-state index is 13.9. The van der Waals surface area contributed by atoms with Gasteiger partial charge in [0.15, 0.2) is 0 Å². The molecule has 2 fully saturated rings. The molecule has 2 N–H and O–H groups in total. The highest BCUT2D eigenvalue weighted by molar-refractivity contribution is 7.09. The number of amides is 2. The molecule has 2 aromatic carbocycles. The van der Waals surface area contributed by atoms with Crippen LogP contribution in [0.3, 0.4) is 0 Å². The number of para-hydroxylation sites is 2. The van der Waals surface area contributed by atoms with E-state index in [1.165, 1.54) is 21.8 Å². The number of imide groups is 1. The first-order valence-electron chi connectivity index (χ1n) is 15.5. The predicted octanol–water partition coefficient (Wildman–Crippen LogP) is 6.49. The molecule has 2 saturated heterocycles. The lowest BCUT2D eigenvalue weighted by Crippen LogP contribution is -2.46. The molecule has 44 heavy (non-hydrogen) atoms. The molecule has 228 valence electrons. The zero-order valence-electron chi connectivity index (χ0n) is 24.9. The second-order valence-electron chi connectivity index (χ2n) is 11.9. The molecule has 0 spiro atoms. The molecule has 0 radical (unpaired) electrons. The van der Waals surface area contributed by atoms with Crippen LogP contribution in [0.25, 0.3) is 6.08 Å². The van der Waals surface area contributed by atoms with Crippen LogP contribution in [0.2, 0.25) is 6.32 Å². The second-order valence-corrected chi connectivity index (χ2v) is 12.9. The Kier molecular flexibility index (Phi) is 9.35. The van der Waals surface area contributed by atoms with Gasteiger partial charge in [0.1, 0.15) is 18.1 Å². The Morgan fingerprint density at radius 1 is 1.05 bits per heavy atom. The van der Waals surface area contributed by atoms with Gasteiger partial charge in [0.2, 0.25) is 11.8 Å². The smallest absolute Gasteiger partial charge is 0.455 e. The van der Waals surface area contributed by atoms with Gasteiger partial charge in [-0.1, -0.05) is 67.5 Å². The van der Waals surface area contributed by atoms with E-state index in [2.05, 4.69) is 6.92 Å². The molecular weight excluding hydrogens is 573 g/mol. The third-order valence-electron chi connectivity index (χ3n) is 9.04. The molecule has 3 aliphatic rings. The van der Waals surface area contributed by atoms with Crippen LogP contribution in [0.5, 0.6) is 11.5 Å². The van der Waals surface area contributed by atoms with Crippen LogP contribution < -0.4 is 4.74 Å². The Morgan fingerprint density at radius 2 is 1.84 bits per heavy atom. The first kappa shape index (κ1) is 30.4. The molecule has 3 heterocycles. The summed E-state index contributed by atoms with van der Waals surface area (Å²) in [6, 6.07) is 20.8. The zero-order chi connectivity index (χ0) is 30.6. The first-order chi connectivity index (χ1) is 21.4. The fourth-order valence-electron chi connectivity index (χ4n) is 7.10. The third kappa shape index (κ3) is 6.41. The number of fused-ring (bicyclic) bond motifs is 3. The minimum Gasteiger partial charge on any atom is -0.507 e. The topological polar surface area (TPSA) is 96.3 Å². The summed E-state index contributed by atoms with van der Waals surface area (Å²) >= 11 is 1.53. The number of ether oxygens (including phenoxy) is 1. The SMILES string of the molecule is CCC/C(=C\c1ccccc1O)CC[C@H]1OB(O)C[C@H]2C1=C(COc1ccccc1)C[C@H]1C(=O)N(Cc3cccs3)C(=O)[C@H]12. The van der Waals surface area contributed by atoms with Gasteiger partial charge in [0.25, 0.3) is 0 Å². The Morgan fingerprint density at radius 3 is 2.59 bits per heavy atom. The average molecular weight is 612 g/mol. The van der Waals surface area contributed by atoms with Crippen LogP contribution in [0, 0.1) is 17.8 Å². The summed E-state index contributed by atoms with van der Waals surface area (Å²) in [7, 11) is -1.03. The lowest BCUT2D eigenvalue weighted by atomic mass is 9.58. The van der Waals surface area contributed by atoms with Crippen molar-refractivity contribution in [2.45, 2.75) is 58.0 Å². The molecule has 7 nitrogen and oxygen atoms in total. The van der Waals surface area contributed by atoms with Crippen LogP contribution in [0.15, 0.2) is 88.8 Å². The van der Waals surface area contributed by atoms with Gasteiger partial charge in [-0.15, -0.1) is 11.3 Å². The summed E-state index contributed by atoms with van der Waals surface area (Å²) in [5.74, 6) is -0.631. The number of phenols is 1. The number of aromatic hydroxyl groups is 1. The molecule has 2 aliphatic heterocycles. The largest absolute Gasteiger partial charge is 0.507 e. The Balaban J connectivity index is 1.31. The monoisotopic (exact) mass is 611 g/mol. The molecule has 3 aromatic rings. The summed E-state index contributed by atoms with van der Waals surface area (Å²) in [5.41, 5.74) is 3.94. The van der Waals surface area contributed by atoms with Crippen molar-refractivity contribution >= 4 is 36.3 Å².